The molecule has 5 N–H and O–H groups in total. The van der Waals surface area contributed by atoms with Crippen LogP contribution in [0.15, 0.2) is 16.5 Å². The van der Waals surface area contributed by atoms with Crippen molar-refractivity contribution in [3.05, 3.63) is 11.4 Å². The molecule has 0 aromatic rings. The molecule has 16 heavy (non-hydrogen) atoms. The highest BCUT2D eigenvalue weighted by atomic mass is 127. The highest BCUT2D eigenvalue weighted by Gasteiger charge is 2.33. The molecule has 7 heteroatoms. The van der Waals surface area contributed by atoms with Gasteiger partial charge in [-0.15, -0.1) is 0 Å². The summed E-state index contributed by atoms with van der Waals surface area (Å²) in [5, 5.41) is 14.1. The third kappa shape index (κ3) is 2.01. The topological polar surface area (TPSA) is 101 Å². The van der Waals surface area contributed by atoms with Crippen LogP contribution in [0.4, 0.5) is 0 Å². The summed E-state index contributed by atoms with van der Waals surface area (Å²) in [5.74, 6) is 0.462. The van der Waals surface area contributed by atoms with Gasteiger partial charge in [0, 0.05) is 13.2 Å². The molecule has 0 radical (unpaired) electrons. The number of hydrogen-bond donors (Lipinski definition) is 3. The number of rotatable bonds is 1. The Morgan fingerprint density at radius 1 is 1.44 bits per heavy atom. The molecule has 2 aliphatic heterocycles. The predicted molar refractivity (Wildman–Crippen MR) is 70.3 cm³/mol. The molecule has 1 fully saturated rings. The maximum Gasteiger partial charge on any atom is 0.155 e. The molecule has 2 aliphatic rings. The summed E-state index contributed by atoms with van der Waals surface area (Å²) in [6.45, 7) is 1.44. The van der Waals surface area contributed by atoms with E-state index in [-0.39, 0.29) is 11.9 Å². The normalized spacial score (nSPS) is 22.6. The first-order chi connectivity index (χ1) is 7.61. The molecule has 0 aliphatic carbocycles. The van der Waals surface area contributed by atoms with E-state index >= 15 is 0 Å². The average molecular weight is 335 g/mol. The maximum atomic E-state index is 8.01. The molecule has 0 atom stereocenters. The van der Waals surface area contributed by atoms with Gasteiger partial charge in [-0.2, -0.15) is 5.10 Å². The second-order valence-corrected chi connectivity index (χ2v) is 4.78. The quantitative estimate of drug-likeness (QED) is 0.602. The van der Waals surface area contributed by atoms with Crippen LogP contribution < -0.4 is 11.5 Å². The van der Waals surface area contributed by atoms with E-state index in [1.54, 1.807) is 5.01 Å². The first kappa shape index (κ1) is 11.6. The van der Waals surface area contributed by atoms with E-state index in [2.05, 4.69) is 27.7 Å². The molecule has 0 aromatic carbocycles. The Morgan fingerprint density at radius 3 is 2.56 bits per heavy atom. The van der Waals surface area contributed by atoms with Gasteiger partial charge in [0.2, 0.25) is 0 Å². The van der Waals surface area contributed by atoms with Gasteiger partial charge >= 0.3 is 0 Å². The van der Waals surface area contributed by atoms with Crippen LogP contribution in [0.25, 0.3) is 0 Å². The Bertz CT molecular complexity index is 368. The molecule has 88 valence electrons. The van der Waals surface area contributed by atoms with E-state index in [4.69, 9.17) is 21.6 Å². The molecule has 0 bridgehead atoms. The van der Waals surface area contributed by atoms with Crippen LogP contribution >= 0.6 is 22.6 Å². The zero-order valence-electron chi connectivity index (χ0n) is 8.74. The summed E-state index contributed by atoms with van der Waals surface area (Å²) in [6, 6.07) is 0.225. The lowest BCUT2D eigenvalue weighted by Crippen LogP contribution is -2.38. The fourth-order valence-corrected chi connectivity index (χ4v) is 2.66. The van der Waals surface area contributed by atoms with Crippen molar-refractivity contribution in [3.63, 3.8) is 0 Å². The number of hydrogen-bond acceptors (Lipinski definition) is 5. The molecule has 0 aromatic heterocycles. The Labute approximate surface area is 107 Å². The smallest absolute Gasteiger partial charge is 0.155 e. The van der Waals surface area contributed by atoms with E-state index in [0.717, 1.165) is 26.1 Å². The second kappa shape index (κ2) is 4.58. The van der Waals surface area contributed by atoms with Gasteiger partial charge in [0.05, 0.1) is 11.6 Å². The molecule has 6 nitrogen and oxygen atoms in total. The Hall–Kier alpha value is -0.830. The van der Waals surface area contributed by atoms with Gasteiger partial charge in [-0.3, -0.25) is 5.41 Å². The second-order valence-electron chi connectivity index (χ2n) is 3.76. The molecule has 2 rings (SSSR count). The number of nitrogens with zero attached hydrogens (tertiary/aromatic N) is 2. The first-order valence-corrected chi connectivity index (χ1v) is 6.14. The maximum absolute atomic E-state index is 8.01. The fourth-order valence-electron chi connectivity index (χ4n) is 1.86. The summed E-state index contributed by atoms with van der Waals surface area (Å²) >= 11 is 2.05. The van der Waals surface area contributed by atoms with Gasteiger partial charge in [0.25, 0.3) is 0 Å². The predicted octanol–water partition coefficient (Wildman–Crippen LogP) is 0.336. The zero-order valence-corrected chi connectivity index (χ0v) is 10.9. The van der Waals surface area contributed by atoms with E-state index < -0.39 is 0 Å². The SMILES string of the molecule is N=C1C(=C(N)N)C(I)=NN1C1CCOCC1. The van der Waals surface area contributed by atoms with Crippen molar-refractivity contribution in [2.75, 3.05) is 13.2 Å². The lowest BCUT2D eigenvalue weighted by atomic mass is 10.1. The van der Waals surface area contributed by atoms with E-state index in [9.17, 15) is 0 Å². The van der Waals surface area contributed by atoms with Crippen LogP contribution in [0, 0.1) is 5.41 Å². The minimum absolute atomic E-state index is 0.160. The standard InChI is InChI=1S/C9H14IN5O/c10-7-6(8(11)12)9(13)15(14-7)5-1-3-16-4-2-5/h5,13H,1-4,11-12H2. The fraction of sp³-hybridized carbons (Fsp3) is 0.556. The molecular formula is C9H14IN5O. The van der Waals surface area contributed by atoms with Gasteiger partial charge in [0.15, 0.2) is 5.84 Å². The van der Waals surface area contributed by atoms with E-state index in [1.165, 1.54) is 0 Å². The molecule has 0 saturated carbocycles. The monoisotopic (exact) mass is 335 g/mol. The van der Waals surface area contributed by atoms with Crippen LogP contribution in [0.1, 0.15) is 12.8 Å². The van der Waals surface area contributed by atoms with Crippen LogP contribution in [0.3, 0.4) is 0 Å². The van der Waals surface area contributed by atoms with Gasteiger partial charge in [-0.05, 0) is 35.4 Å². The molecule has 2 heterocycles. The molecule has 0 amide bonds. The minimum Gasteiger partial charge on any atom is -0.385 e. The summed E-state index contributed by atoms with van der Waals surface area (Å²) in [7, 11) is 0. The van der Waals surface area contributed by atoms with Crippen molar-refractivity contribution in [2.45, 2.75) is 18.9 Å². The van der Waals surface area contributed by atoms with E-state index in [0.29, 0.717) is 15.1 Å². The van der Waals surface area contributed by atoms with Crippen molar-refractivity contribution in [3.8, 4) is 0 Å². The van der Waals surface area contributed by atoms with Crippen molar-refractivity contribution in [1.82, 2.24) is 5.01 Å². The van der Waals surface area contributed by atoms with Crippen molar-refractivity contribution in [2.24, 2.45) is 16.6 Å². The lowest BCUT2D eigenvalue weighted by molar-refractivity contribution is 0.0566. The van der Waals surface area contributed by atoms with Crippen LogP contribution in [-0.2, 0) is 4.74 Å². The average Bonchev–Trinajstić information content (AvgIpc) is 2.55. The zero-order chi connectivity index (χ0) is 11.7. The summed E-state index contributed by atoms with van der Waals surface area (Å²) in [6.07, 6.45) is 1.76. The molecule has 1 saturated heterocycles. The Kier molecular flexibility index (Phi) is 3.33. The number of hydrazone groups is 1. The van der Waals surface area contributed by atoms with Crippen molar-refractivity contribution < 1.29 is 4.74 Å². The first-order valence-electron chi connectivity index (χ1n) is 5.07. The minimum atomic E-state index is 0.160. The number of nitrogens with two attached hydrogens (primary N) is 2. The number of ether oxygens (including phenoxy) is 1. The van der Waals surface area contributed by atoms with Crippen molar-refractivity contribution >= 4 is 32.1 Å². The van der Waals surface area contributed by atoms with E-state index in [1.807, 2.05) is 0 Å². The van der Waals surface area contributed by atoms with Gasteiger partial charge in [-0.25, -0.2) is 5.01 Å². The molecular weight excluding hydrogens is 321 g/mol. The van der Waals surface area contributed by atoms with Crippen LogP contribution in [0.2, 0.25) is 0 Å². The van der Waals surface area contributed by atoms with Gasteiger partial charge < -0.3 is 16.2 Å². The number of amidine groups is 1. The van der Waals surface area contributed by atoms with Crippen LogP contribution in [0.5, 0.6) is 0 Å². The third-order valence-electron chi connectivity index (χ3n) is 2.69. The summed E-state index contributed by atoms with van der Waals surface area (Å²) < 4.78 is 5.98. The third-order valence-corrected chi connectivity index (χ3v) is 3.45. The highest BCUT2D eigenvalue weighted by molar-refractivity contribution is 14.1. The Balaban J connectivity index is 2.20. The van der Waals surface area contributed by atoms with Gasteiger partial charge in [0.1, 0.15) is 9.54 Å². The lowest BCUT2D eigenvalue weighted by Gasteiger charge is -2.29. The number of halogens is 1. The van der Waals surface area contributed by atoms with Crippen molar-refractivity contribution in [1.29, 1.82) is 5.41 Å². The molecule has 0 spiro atoms. The summed E-state index contributed by atoms with van der Waals surface area (Å²) in [4.78, 5) is 0. The summed E-state index contributed by atoms with van der Waals surface area (Å²) in [5.41, 5.74) is 11.6. The van der Waals surface area contributed by atoms with Gasteiger partial charge in [-0.1, -0.05) is 0 Å². The number of nitrogens with one attached hydrogen (secondary N) is 1. The Morgan fingerprint density at radius 2 is 2.06 bits per heavy atom. The largest absolute Gasteiger partial charge is 0.385 e. The van der Waals surface area contributed by atoms with Crippen LogP contribution in [-0.4, -0.2) is 33.8 Å². The molecule has 0 unspecified atom stereocenters. The highest BCUT2D eigenvalue weighted by Crippen LogP contribution is 2.25.